The van der Waals surface area contributed by atoms with Crippen molar-refractivity contribution in [3.63, 3.8) is 0 Å². The second kappa shape index (κ2) is 9.89. The minimum absolute atomic E-state index is 0.0852. The molecule has 1 heterocycles. The summed E-state index contributed by atoms with van der Waals surface area (Å²) < 4.78 is 51.4. The predicted octanol–water partition coefficient (Wildman–Crippen LogP) is 5.66. The minimum atomic E-state index is -4.58. The van der Waals surface area contributed by atoms with Crippen LogP contribution in [0.5, 0.6) is 11.5 Å². The van der Waals surface area contributed by atoms with Gasteiger partial charge in [-0.15, -0.1) is 0 Å². The Morgan fingerprint density at radius 2 is 1.89 bits per heavy atom. The van der Waals surface area contributed by atoms with Crippen molar-refractivity contribution in [2.75, 3.05) is 39.7 Å². The number of fused-ring (bicyclic) bond motifs is 1. The van der Waals surface area contributed by atoms with Gasteiger partial charge in [0.25, 0.3) is 0 Å². The number of ether oxygens (including phenoxy) is 2. The van der Waals surface area contributed by atoms with Gasteiger partial charge in [0.15, 0.2) is 11.5 Å². The molecule has 1 aliphatic carbocycles. The van der Waals surface area contributed by atoms with Gasteiger partial charge in [-0.3, -0.25) is 0 Å². The summed E-state index contributed by atoms with van der Waals surface area (Å²) in [6, 6.07) is 8.96. The Balaban J connectivity index is 1.48. The highest BCUT2D eigenvalue weighted by atomic mass is 79.9. The van der Waals surface area contributed by atoms with E-state index in [9.17, 15) is 18.0 Å². The molecule has 0 bridgehead atoms. The highest BCUT2D eigenvalue weighted by molar-refractivity contribution is 9.10. The summed E-state index contributed by atoms with van der Waals surface area (Å²) in [5.41, 5.74) is -0.0695. The van der Waals surface area contributed by atoms with Crippen molar-refractivity contribution in [1.29, 1.82) is 0 Å². The number of benzene rings is 2. The summed E-state index contributed by atoms with van der Waals surface area (Å²) in [6.45, 7) is 1.76. The third kappa shape index (κ3) is 5.23. The average Bonchev–Trinajstić information content (AvgIpc) is 3.15. The molecule has 1 saturated carbocycles. The molecule has 6 nitrogen and oxygen atoms in total. The molecular weight excluding hydrogens is 527 g/mol. The van der Waals surface area contributed by atoms with Crippen molar-refractivity contribution in [2.24, 2.45) is 5.92 Å². The number of urea groups is 1. The van der Waals surface area contributed by atoms with E-state index in [0.29, 0.717) is 16.0 Å². The number of carbonyl (C=O) groups excluding carboxylic acids is 1. The molecular formula is C25H29BrF3N3O3. The topological polar surface area (TPSA) is 62.8 Å². The molecule has 2 amide bonds. The summed E-state index contributed by atoms with van der Waals surface area (Å²) in [6.07, 6.45) is -2.28. The van der Waals surface area contributed by atoms with E-state index in [0.717, 1.165) is 38.4 Å². The molecule has 0 radical (unpaired) electrons. The number of amides is 2. The quantitative estimate of drug-likeness (QED) is 0.499. The zero-order valence-electron chi connectivity index (χ0n) is 19.8. The van der Waals surface area contributed by atoms with Crippen molar-refractivity contribution in [2.45, 2.75) is 36.9 Å². The van der Waals surface area contributed by atoms with Crippen LogP contribution in [-0.4, -0.2) is 51.3 Å². The summed E-state index contributed by atoms with van der Waals surface area (Å²) in [7, 11) is 5.31. The molecule has 2 aromatic rings. The van der Waals surface area contributed by atoms with E-state index in [4.69, 9.17) is 9.47 Å². The first kappa shape index (κ1) is 25.6. The number of carbonyl (C=O) groups is 1. The Labute approximate surface area is 211 Å². The molecule has 35 heavy (non-hydrogen) atoms. The molecule has 0 aromatic heterocycles. The van der Waals surface area contributed by atoms with E-state index < -0.39 is 17.8 Å². The lowest BCUT2D eigenvalue weighted by Crippen LogP contribution is -2.48. The van der Waals surface area contributed by atoms with Crippen LogP contribution >= 0.6 is 15.9 Å². The van der Waals surface area contributed by atoms with Crippen LogP contribution in [0.25, 0.3) is 0 Å². The summed E-state index contributed by atoms with van der Waals surface area (Å²) in [5, 5.41) is 5.30. The number of methoxy groups -OCH3 is 2. The highest BCUT2D eigenvalue weighted by Gasteiger charge is 2.50. The van der Waals surface area contributed by atoms with Gasteiger partial charge in [-0.05, 0) is 68.1 Å². The van der Waals surface area contributed by atoms with E-state index in [2.05, 4.69) is 44.6 Å². The van der Waals surface area contributed by atoms with Crippen LogP contribution in [0.3, 0.4) is 0 Å². The number of hydrogen-bond donors (Lipinski definition) is 2. The van der Waals surface area contributed by atoms with Crippen LogP contribution in [0.2, 0.25) is 0 Å². The maximum Gasteiger partial charge on any atom is 0.418 e. The van der Waals surface area contributed by atoms with E-state index in [1.54, 1.807) is 14.2 Å². The van der Waals surface area contributed by atoms with Gasteiger partial charge >= 0.3 is 12.2 Å². The van der Waals surface area contributed by atoms with Crippen LogP contribution < -0.4 is 20.1 Å². The summed E-state index contributed by atoms with van der Waals surface area (Å²) >= 11 is 3.06. The molecule has 0 spiro atoms. The van der Waals surface area contributed by atoms with Crippen molar-refractivity contribution in [3.05, 3.63) is 52.0 Å². The first-order chi connectivity index (χ1) is 16.6. The third-order valence-corrected chi connectivity index (χ3v) is 7.70. The molecule has 1 aliphatic heterocycles. The number of nitrogens with one attached hydrogen (secondary N) is 2. The van der Waals surface area contributed by atoms with E-state index in [1.165, 1.54) is 17.7 Å². The molecule has 0 unspecified atom stereocenters. The number of hydrogen-bond acceptors (Lipinski definition) is 4. The number of likely N-dealkylation sites (tertiary alicyclic amines) is 1. The number of alkyl halides is 3. The fourth-order valence-corrected chi connectivity index (χ4v) is 6.02. The zero-order chi connectivity index (χ0) is 25.4. The van der Waals surface area contributed by atoms with Gasteiger partial charge in [-0.2, -0.15) is 13.2 Å². The van der Waals surface area contributed by atoms with Gasteiger partial charge in [-0.25, -0.2) is 4.79 Å². The van der Waals surface area contributed by atoms with Crippen LogP contribution in [0.15, 0.2) is 40.9 Å². The molecule has 3 atom stereocenters. The van der Waals surface area contributed by atoms with Crippen LogP contribution in [0, 0.1) is 5.92 Å². The van der Waals surface area contributed by atoms with Crippen LogP contribution in [0.4, 0.5) is 23.7 Å². The molecule has 4 rings (SSSR count). The normalized spacial score (nSPS) is 24.5. The van der Waals surface area contributed by atoms with Gasteiger partial charge in [0, 0.05) is 29.0 Å². The Morgan fingerprint density at radius 1 is 1.14 bits per heavy atom. The van der Waals surface area contributed by atoms with Gasteiger partial charge in [0.1, 0.15) is 0 Å². The fourth-order valence-electron chi connectivity index (χ4n) is 5.65. The Morgan fingerprint density at radius 3 is 2.57 bits per heavy atom. The largest absolute Gasteiger partial charge is 0.493 e. The molecule has 190 valence electrons. The maximum absolute atomic E-state index is 13.4. The van der Waals surface area contributed by atoms with Crippen LogP contribution in [0.1, 0.15) is 30.4 Å². The molecule has 10 heteroatoms. The second-order valence-corrected chi connectivity index (χ2v) is 10.3. The van der Waals surface area contributed by atoms with Gasteiger partial charge in [0.05, 0.1) is 25.5 Å². The van der Waals surface area contributed by atoms with Gasteiger partial charge in [-0.1, -0.05) is 22.0 Å². The SMILES string of the molecule is COc1ccc([C@]23CC[C@H](NC(=O)Nc4ccc(Br)cc4C(F)(F)F)C[C@@H]2CN(C)C3)cc1OC. The predicted molar refractivity (Wildman–Crippen MR) is 131 cm³/mol. The Bertz CT molecular complexity index is 1100. The van der Waals surface area contributed by atoms with E-state index >= 15 is 0 Å². The zero-order valence-corrected chi connectivity index (χ0v) is 21.4. The number of nitrogens with zero attached hydrogens (tertiary/aromatic N) is 1. The van der Waals surface area contributed by atoms with E-state index in [1.807, 2.05) is 12.1 Å². The lowest BCUT2D eigenvalue weighted by molar-refractivity contribution is -0.136. The lowest BCUT2D eigenvalue weighted by Gasteiger charge is -2.42. The van der Waals surface area contributed by atoms with Crippen molar-refractivity contribution >= 4 is 27.6 Å². The highest BCUT2D eigenvalue weighted by Crippen LogP contribution is 2.49. The Hall–Kier alpha value is -2.46. The molecule has 2 aliphatic rings. The van der Waals surface area contributed by atoms with Crippen molar-refractivity contribution < 1.29 is 27.4 Å². The van der Waals surface area contributed by atoms with Crippen molar-refractivity contribution in [1.82, 2.24) is 10.2 Å². The Kier molecular flexibility index (Phi) is 7.24. The third-order valence-electron chi connectivity index (χ3n) is 7.20. The maximum atomic E-state index is 13.4. The molecule has 1 saturated heterocycles. The number of anilines is 1. The first-order valence-electron chi connectivity index (χ1n) is 11.4. The lowest BCUT2D eigenvalue weighted by atomic mass is 9.63. The van der Waals surface area contributed by atoms with Crippen molar-refractivity contribution in [3.8, 4) is 11.5 Å². The monoisotopic (exact) mass is 555 g/mol. The van der Waals surface area contributed by atoms with Gasteiger partial charge < -0.3 is 25.0 Å². The molecule has 2 N–H and O–H groups in total. The average molecular weight is 556 g/mol. The molecule has 2 fully saturated rings. The number of likely N-dealkylation sites (N-methyl/N-ethyl adjacent to an activating group) is 1. The fraction of sp³-hybridized carbons (Fsp3) is 0.480. The van der Waals surface area contributed by atoms with E-state index in [-0.39, 0.29) is 23.1 Å². The number of halogens is 4. The number of rotatable bonds is 5. The first-order valence-corrected chi connectivity index (χ1v) is 12.2. The van der Waals surface area contributed by atoms with Crippen LogP contribution in [-0.2, 0) is 11.6 Å². The smallest absolute Gasteiger partial charge is 0.418 e. The summed E-state index contributed by atoms with van der Waals surface area (Å²) in [4.78, 5) is 15.0. The standard InChI is InChI=1S/C25H29BrF3N3O3/c1-32-13-16-10-18(30-23(33)31-20-6-5-17(26)12-19(20)25(27,28)29)8-9-24(16,14-32)15-4-7-21(34-2)22(11-15)35-3/h4-7,11-12,16,18H,8-10,13-14H2,1-3H3,(H2,30,31,33)/t16-,18+,24-/m1/s1. The summed E-state index contributed by atoms with van der Waals surface area (Å²) in [5.74, 6) is 1.64. The van der Waals surface area contributed by atoms with Gasteiger partial charge in [0.2, 0.25) is 0 Å². The minimum Gasteiger partial charge on any atom is -0.493 e. The second-order valence-electron chi connectivity index (χ2n) is 9.38. The molecule has 2 aromatic carbocycles.